The lowest BCUT2D eigenvalue weighted by Crippen LogP contribution is -1.84. The predicted molar refractivity (Wildman–Crippen MR) is 85.7 cm³/mol. The van der Waals surface area contributed by atoms with Crippen LogP contribution >= 0.6 is 22.2 Å². The molecule has 0 saturated heterocycles. The summed E-state index contributed by atoms with van der Waals surface area (Å²) in [5.74, 6) is 0. The molecule has 0 amide bonds. The first-order chi connectivity index (χ1) is 8.61. The molecule has 0 radical (unpaired) electrons. The van der Waals surface area contributed by atoms with E-state index in [9.17, 15) is 0 Å². The second kappa shape index (κ2) is 8.14. The lowest BCUT2D eigenvalue weighted by atomic mass is 10.0. The van der Waals surface area contributed by atoms with Gasteiger partial charge in [-0.05, 0) is 23.2 Å². The molecule has 0 fully saturated rings. The van der Waals surface area contributed by atoms with Gasteiger partial charge in [-0.1, -0.05) is 67.2 Å². The Morgan fingerprint density at radius 2 is 1.11 bits per heavy atom. The van der Waals surface area contributed by atoms with Gasteiger partial charge in [-0.3, -0.25) is 0 Å². The van der Waals surface area contributed by atoms with E-state index < -0.39 is 7.42 Å². The highest BCUT2D eigenvalue weighted by Crippen LogP contribution is 2.20. The lowest BCUT2D eigenvalue weighted by Gasteiger charge is -2.04. The lowest BCUT2D eigenvalue weighted by molar-refractivity contribution is 1.56. The van der Waals surface area contributed by atoms with Gasteiger partial charge in [-0.15, -0.1) is 0 Å². The number of hydrogen-bond donors (Lipinski definition) is 0. The van der Waals surface area contributed by atoms with Crippen molar-refractivity contribution in [1.29, 1.82) is 0 Å². The molecule has 0 N–H and O–H groups in total. The molecule has 0 heterocycles. The summed E-state index contributed by atoms with van der Waals surface area (Å²) in [6.45, 7) is 5.93. The molecular weight excluding hydrogens is 279 g/mol. The number of rotatable bonds is 2. The Kier molecular flexibility index (Phi) is 6.80. The summed E-state index contributed by atoms with van der Waals surface area (Å²) >= 11 is 10.4. The molecule has 0 aromatic heterocycles. The molecular formula is C15H16Cl2Si. The molecule has 0 nitrogen and oxygen atoms in total. The largest absolute Gasteiger partial charge is 0.234 e. The second-order valence-corrected chi connectivity index (χ2v) is 9.37. The topological polar surface area (TPSA) is 0 Å². The van der Waals surface area contributed by atoms with E-state index in [1.54, 1.807) is 0 Å². The van der Waals surface area contributed by atoms with Crippen LogP contribution in [0.1, 0.15) is 11.1 Å². The highest BCUT2D eigenvalue weighted by molar-refractivity contribution is 7.33. The maximum Gasteiger partial charge on any atom is 0.234 e. The zero-order chi connectivity index (χ0) is 13.4. The first-order valence-corrected chi connectivity index (χ1v) is 10.3. The number of hydrogen-bond acceptors (Lipinski definition) is 0. The van der Waals surface area contributed by atoms with Crippen LogP contribution in [0.3, 0.4) is 0 Å². The van der Waals surface area contributed by atoms with E-state index in [1.807, 2.05) is 42.9 Å². The molecule has 0 aliphatic rings. The van der Waals surface area contributed by atoms with Crippen molar-refractivity contribution >= 4 is 35.1 Å². The van der Waals surface area contributed by atoms with Crippen LogP contribution in [-0.2, 0) is 0 Å². The van der Waals surface area contributed by atoms with Crippen molar-refractivity contribution in [3.05, 3.63) is 78.4 Å². The molecule has 0 unspecified atom stereocenters. The normalized spacial score (nSPS) is 9.56. The smallest absolute Gasteiger partial charge is 0.151 e. The van der Waals surface area contributed by atoms with Gasteiger partial charge in [0.2, 0.25) is 7.42 Å². The number of halogens is 2. The predicted octanol–water partition coefficient (Wildman–Crippen LogP) is 5.06. The van der Waals surface area contributed by atoms with Crippen LogP contribution in [0.5, 0.6) is 0 Å². The maximum absolute atomic E-state index is 5.18. The molecule has 18 heavy (non-hydrogen) atoms. The second-order valence-electron chi connectivity index (χ2n) is 3.73. The van der Waals surface area contributed by atoms with Gasteiger partial charge in [0.05, 0.1) is 0 Å². The molecule has 0 bridgehead atoms. The third-order valence-corrected chi connectivity index (χ3v) is 2.24. The van der Waals surface area contributed by atoms with E-state index >= 15 is 0 Å². The van der Waals surface area contributed by atoms with Gasteiger partial charge in [-0.2, -0.15) is 22.2 Å². The molecule has 2 aromatic carbocycles. The van der Waals surface area contributed by atoms with Gasteiger partial charge in [0.25, 0.3) is 0 Å². The molecule has 94 valence electrons. The average Bonchev–Trinajstić information content (AvgIpc) is 2.39. The quantitative estimate of drug-likeness (QED) is 0.536. The van der Waals surface area contributed by atoms with Crippen molar-refractivity contribution in [2.45, 2.75) is 6.55 Å². The Balaban J connectivity index is 0.000000357. The van der Waals surface area contributed by atoms with E-state index in [0.29, 0.717) is 0 Å². The van der Waals surface area contributed by atoms with Crippen molar-refractivity contribution in [3.8, 4) is 0 Å². The molecule has 2 rings (SSSR count). The fourth-order valence-corrected chi connectivity index (χ4v) is 1.45. The molecule has 0 aliphatic heterocycles. The molecule has 3 heteroatoms. The zero-order valence-corrected chi connectivity index (χ0v) is 13.0. The van der Waals surface area contributed by atoms with Crippen molar-refractivity contribution in [2.75, 3.05) is 0 Å². The van der Waals surface area contributed by atoms with E-state index in [1.165, 1.54) is 11.1 Å². The fourth-order valence-electron chi connectivity index (χ4n) is 1.45. The van der Waals surface area contributed by atoms with E-state index in [0.717, 1.165) is 5.57 Å². The zero-order valence-electron chi connectivity index (χ0n) is 10.3. The van der Waals surface area contributed by atoms with Crippen LogP contribution in [0.25, 0.3) is 5.57 Å². The highest BCUT2D eigenvalue weighted by atomic mass is 35.7. The maximum atomic E-state index is 5.18. The first-order valence-electron chi connectivity index (χ1n) is 5.69. The Morgan fingerprint density at radius 1 is 0.833 bits per heavy atom. The van der Waals surface area contributed by atoms with Gasteiger partial charge in [0.15, 0.2) is 0 Å². The van der Waals surface area contributed by atoms with Gasteiger partial charge >= 0.3 is 0 Å². The average molecular weight is 295 g/mol. The van der Waals surface area contributed by atoms with Gasteiger partial charge in [0, 0.05) is 0 Å². The monoisotopic (exact) mass is 294 g/mol. The molecule has 0 atom stereocenters. The SMILES string of the molecule is C=C(c1ccccc1)c1ccccc1.C[SiH](Cl)Cl. The van der Waals surface area contributed by atoms with Gasteiger partial charge in [0.1, 0.15) is 0 Å². The minimum absolute atomic E-state index is 1.08. The summed E-state index contributed by atoms with van der Waals surface area (Å²) in [6, 6.07) is 20.5. The van der Waals surface area contributed by atoms with Gasteiger partial charge in [-0.25, -0.2) is 0 Å². The third kappa shape index (κ3) is 5.54. The molecule has 0 saturated carbocycles. The number of benzene rings is 2. The summed E-state index contributed by atoms with van der Waals surface area (Å²) in [5.41, 5.74) is 3.43. The van der Waals surface area contributed by atoms with Crippen LogP contribution in [0.4, 0.5) is 0 Å². The van der Waals surface area contributed by atoms with Crippen LogP contribution in [0, 0.1) is 0 Å². The highest BCUT2D eigenvalue weighted by Gasteiger charge is 1.99. The van der Waals surface area contributed by atoms with E-state index in [4.69, 9.17) is 22.2 Å². The van der Waals surface area contributed by atoms with Crippen LogP contribution in [0.2, 0.25) is 6.55 Å². The summed E-state index contributed by atoms with van der Waals surface area (Å²) in [6.07, 6.45) is 0. The summed E-state index contributed by atoms with van der Waals surface area (Å²) in [4.78, 5) is 0. The summed E-state index contributed by atoms with van der Waals surface area (Å²) < 4.78 is 0. The van der Waals surface area contributed by atoms with E-state index in [2.05, 4.69) is 30.8 Å². The van der Waals surface area contributed by atoms with Crippen molar-refractivity contribution < 1.29 is 0 Å². The standard InChI is InChI=1S/C14H12.CH4Cl2Si/c1-12(13-8-4-2-5-9-13)14-10-6-3-7-11-14;1-4(2)3/h2-11H,1H2;4H,1H3. The van der Waals surface area contributed by atoms with E-state index in [-0.39, 0.29) is 0 Å². The van der Waals surface area contributed by atoms with Crippen LogP contribution < -0.4 is 0 Å². The molecule has 2 aromatic rings. The van der Waals surface area contributed by atoms with Gasteiger partial charge < -0.3 is 0 Å². The fraction of sp³-hybridized carbons (Fsp3) is 0.0667. The van der Waals surface area contributed by atoms with Crippen molar-refractivity contribution in [1.82, 2.24) is 0 Å². The minimum Gasteiger partial charge on any atom is -0.151 e. The molecule has 0 spiro atoms. The Bertz CT molecular complexity index is 422. The Hall–Kier alpha value is -1.02. The van der Waals surface area contributed by atoms with Crippen LogP contribution in [-0.4, -0.2) is 7.42 Å². The third-order valence-electron chi connectivity index (χ3n) is 2.24. The summed E-state index contributed by atoms with van der Waals surface area (Å²) in [7, 11) is -1.19. The molecule has 0 aliphatic carbocycles. The van der Waals surface area contributed by atoms with Crippen molar-refractivity contribution in [2.24, 2.45) is 0 Å². The first kappa shape index (κ1) is 15.0. The Labute approximate surface area is 120 Å². The summed E-state index contributed by atoms with van der Waals surface area (Å²) in [5, 5.41) is 0. The van der Waals surface area contributed by atoms with Crippen molar-refractivity contribution in [3.63, 3.8) is 0 Å². The van der Waals surface area contributed by atoms with Crippen LogP contribution in [0.15, 0.2) is 67.2 Å². The minimum atomic E-state index is -1.19. The Morgan fingerprint density at radius 3 is 1.39 bits per heavy atom.